The Balaban J connectivity index is 1.11. The van der Waals surface area contributed by atoms with Gasteiger partial charge < -0.3 is 9.80 Å². The van der Waals surface area contributed by atoms with Gasteiger partial charge in [0.1, 0.15) is 0 Å². The number of thiophene rings is 2. The molecule has 10 aromatic rings. The van der Waals surface area contributed by atoms with Crippen LogP contribution in [0.5, 0.6) is 0 Å². The SMILES string of the molecule is c1ccc(N(c2ccccc2)c2ccc(-c3cccc4sc5c(N(c6ccccc6)c6ccc7c(c6)sc6ccccc67)cccc5c34)cc2)cc1. The van der Waals surface area contributed by atoms with Crippen molar-refractivity contribution in [2.24, 2.45) is 0 Å². The van der Waals surface area contributed by atoms with E-state index in [4.69, 9.17) is 0 Å². The molecule has 0 fully saturated rings. The molecule has 0 aliphatic heterocycles. The van der Waals surface area contributed by atoms with Gasteiger partial charge in [0.15, 0.2) is 0 Å². The van der Waals surface area contributed by atoms with E-state index >= 15 is 0 Å². The van der Waals surface area contributed by atoms with Crippen LogP contribution in [-0.2, 0) is 0 Å². The highest BCUT2D eigenvalue weighted by atomic mass is 32.1. The summed E-state index contributed by atoms with van der Waals surface area (Å²) in [5.74, 6) is 0. The van der Waals surface area contributed by atoms with E-state index < -0.39 is 0 Å². The van der Waals surface area contributed by atoms with Gasteiger partial charge in [-0.25, -0.2) is 0 Å². The Bertz CT molecular complexity index is 2800. The molecule has 4 heteroatoms. The van der Waals surface area contributed by atoms with Crippen molar-refractivity contribution < 1.29 is 0 Å². The molecule has 2 nitrogen and oxygen atoms in total. The van der Waals surface area contributed by atoms with Gasteiger partial charge in [0.05, 0.1) is 10.4 Å². The van der Waals surface area contributed by atoms with Crippen molar-refractivity contribution >= 4 is 97.1 Å². The molecule has 0 unspecified atom stereocenters. The number of hydrogen-bond donors (Lipinski definition) is 0. The van der Waals surface area contributed by atoms with Crippen molar-refractivity contribution in [1.82, 2.24) is 0 Å². The summed E-state index contributed by atoms with van der Waals surface area (Å²) < 4.78 is 5.18. The number of benzene rings is 8. The number of nitrogens with zero attached hydrogens (tertiary/aromatic N) is 2. The Hall–Kier alpha value is -6.20. The van der Waals surface area contributed by atoms with E-state index in [0.717, 1.165) is 28.4 Å². The zero-order valence-electron chi connectivity index (χ0n) is 28.2. The Morgan fingerprint density at radius 1 is 0.327 bits per heavy atom. The molecule has 0 amide bonds. The maximum Gasteiger partial charge on any atom is 0.0640 e. The summed E-state index contributed by atoms with van der Waals surface area (Å²) in [6, 6.07) is 70.1. The van der Waals surface area contributed by atoms with Crippen LogP contribution in [0.15, 0.2) is 194 Å². The predicted octanol–water partition coefficient (Wildman–Crippen LogP) is 15.0. The molecule has 0 N–H and O–H groups in total. The van der Waals surface area contributed by atoms with Crippen molar-refractivity contribution in [3.8, 4) is 11.1 Å². The van der Waals surface area contributed by atoms with Crippen LogP contribution >= 0.6 is 22.7 Å². The molecular formula is C48H32N2S2. The van der Waals surface area contributed by atoms with Crippen LogP contribution in [0, 0.1) is 0 Å². The summed E-state index contributed by atoms with van der Waals surface area (Å²) in [5.41, 5.74) is 9.33. The first kappa shape index (κ1) is 30.6. The van der Waals surface area contributed by atoms with Crippen LogP contribution in [0.4, 0.5) is 34.1 Å². The van der Waals surface area contributed by atoms with Crippen molar-refractivity contribution in [3.05, 3.63) is 194 Å². The first-order valence-corrected chi connectivity index (χ1v) is 19.1. The van der Waals surface area contributed by atoms with E-state index in [9.17, 15) is 0 Å². The van der Waals surface area contributed by atoms with Crippen molar-refractivity contribution in [2.45, 2.75) is 0 Å². The second-order valence-corrected chi connectivity index (χ2v) is 15.1. The smallest absolute Gasteiger partial charge is 0.0640 e. The number of anilines is 6. The standard InChI is InChI=1S/C48H32N2S2/c1-4-14-34(15-5-1)49(35-16-6-2-7-17-35)37-28-26-33(27-29-37)39-21-13-25-45-47(39)42-22-12-23-43(48(42)52-45)50(36-18-8-3-9-19-36)38-30-31-41-40-20-10-11-24-44(40)51-46(41)32-38/h1-32H. The zero-order chi connectivity index (χ0) is 34.4. The molecule has 0 spiro atoms. The molecule has 0 aliphatic rings. The van der Waals surface area contributed by atoms with E-state index in [1.54, 1.807) is 0 Å². The molecule has 0 saturated heterocycles. The third kappa shape index (κ3) is 5.24. The Morgan fingerprint density at radius 2 is 0.865 bits per heavy atom. The first-order valence-electron chi connectivity index (χ1n) is 17.5. The lowest BCUT2D eigenvalue weighted by atomic mass is 9.98. The summed E-state index contributed by atoms with van der Waals surface area (Å²) in [6.45, 7) is 0. The predicted molar refractivity (Wildman–Crippen MR) is 227 cm³/mol. The van der Waals surface area contributed by atoms with Gasteiger partial charge in [0.2, 0.25) is 0 Å². The summed E-state index contributed by atoms with van der Waals surface area (Å²) >= 11 is 3.74. The fraction of sp³-hybridized carbons (Fsp3) is 0. The van der Waals surface area contributed by atoms with Crippen molar-refractivity contribution in [1.29, 1.82) is 0 Å². The monoisotopic (exact) mass is 700 g/mol. The lowest BCUT2D eigenvalue weighted by Gasteiger charge is -2.26. The number of hydrogen-bond acceptors (Lipinski definition) is 4. The van der Waals surface area contributed by atoms with Gasteiger partial charge in [0.25, 0.3) is 0 Å². The van der Waals surface area contributed by atoms with Crippen LogP contribution in [0.2, 0.25) is 0 Å². The maximum atomic E-state index is 2.43. The first-order chi connectivity index (χ1) is 25.8. The molecule has 0 saturated carbocycles. The molecule has 8 aromatic carbocycles. The molecule has 0 aliphatic carbocycles. The Kier molecular flexibility index (Phi) is 7.56. The molecular weight excluding hydrogens is 669 g/mol. The average molecular weight is 701 g/mol. The Labute approximate surface area is 310 Å². The fourth-order valence-electron chi connectivity index (χ4n) is 7.50. The minimum Gasteiger partial charge on any atom is -0.311 e. The van der Waals surface area contributed by atoms with Crippen LogP contribution in [-0.4, -0.2) is 0 Å². The molecule has 0 radical (unpaired) electrons. The number of fused-ring (bicyclic) bond motifs is 6. The average Bonchev–Trinajstić information content (AvgIpc) is 3.79. The summed E-state index contributed by atoms with van der Waals surface area (Å²) in [7, 11) is 0. The highest BCUT2D eigenvalue weighted by Gasteiger charge is 2.21. The fourth-order valence-corrected chi connectivity index (χ4v) is 9.87. The minimum absolute atomic E-state index is 1.12. The largest absolute Gasteiger partial charge is 0.311 e. The second kappa shape index (κ2) is 12.8. The summed E-state index contributed by atoms with van der Waals surface area (Å²) in [5, 5.41) is 5.20. The Morgan fingerprint density at radius 3 is 1.58 bits per heavy atom. The van der Waals surface area contributed by atoms with Gasteiger partial charge in [-0.3, -0.25) is 0 Å². The second-order valence-electron chi connectivity index (χ2n) is 12.9. The molecule has 2 aromatic heterocycles. The maximum absolute atomic E-state index is 2.43. The lowest BCUT2D eigenvalue weighted by Crippen LogP contribution is -2.09. The third-order valence-electron chi connectivity index (χ3n) is 9.84. The number of para-hydroxylation sites is 3. The van der Waals surface area contributed by atoms with Gasteiger partial charge in [-0.1, -0.05) is 115 Å². The molecule has 2 heterocycles. The molecule has 0 bridgehead atoms. The van der Waals surface area contributed by atoms with Crippen molar-refractivity contribution in [2.75, 3.05) is 9.80 Å². The van der Waals surface area contributed by atoms with E-state index in [1.165, 1.54) is 57.2 Å². The zero-order valence-corrected chi connectivity index (χ0v) is 29.8. The van der Waals surface area contributed by atoms with Gasteiger partial charge in [-0.05, 0) is 90.0 Å². The van der Waals surface area contributed by atoms with E-state index in [-0.39, 0.29) is 0 Å². The van der Waals surface area contributed by atoms with Gasteiger partial charge in [0, 0.05) is 64.1 Å². The quantitative estimate of drug-likeness (QED) is 0.163. The normalized spacial score (nSPS) is 11.5. The lowest BCUT2D eigenvalue weighted by molar-refractivity contribution is 1.28. The topological polar surface area (TPSA) is 6.48 Å². The van der Waals surface area contributed by atoms with Gasteiger partial charge in [-0.15, -0.1) is 22.7 Å². The molecule has 0 atom stereocenters. The van der Waals surface area contributed by atoms with Crippen LogP contribution < -0.4 is 9.80 Å². The molecule has 10 rings (SSSR count). The van der Waals surface area contributed by atoms with Gasteiger partial charge >= 0.3 is 0 Å². The van der Waals surface area contributed by atoms with E-state index in [2.05, 4.69) is 204 Å². The number of rotatable bonds is 7. The van der Waals surface area contributed by atoms with E-state index in [1.807, 2.05) is 22.7 Å². The molecule has 52 heavy (non-hydrogen) atoms. The van der Waals surface area contributed by atoms with Crippen LogP contribution in [0.3, 0.4) is 0 Å². The van der Waals surface area contributed by atoms with Crippen molar-refractivity contribution in [3.63, 3.8) is 0 Å². The third-order valence-corrected chi connectivity index (χ3v) is 12.2. The summed E-state index contributed by atoms with van der Waals surface area (Å²) in [4.78, 5) is 4.74. The van der Waals surface area contributed by atoms with Gasteiger partial charge in [-0.2, -0.15) is 0 Å². The van der Waals surface area contributed by atoms with Crippen LogP contribution in [0.1, 0.15) is 0 Å². The highest BCUT2D eigenvalue weighted by molar-refractivity contribution is 7.26. The minimum atomic E-state index is 1.12. The molecule has 246 valence electrons. The van der Waals surface area contributed by atoms with Crippen LogP contribution in [0.25, 0.3) is 51.5 Å². The highest BCUT2D eigenvalue weighted by Crippen LogP contribution is 2.48. The summed E-state index contributed by atoms with van der Waals surface area (Å²) in [6.07, 6.45) is 0. The van der Waals surface area contributed by atoms with E-state index in [0.29, 0.717) is 0 Å².